The van der Waals surface area contributed by atoms with Crippen molar-refractivity contribution in [2.24, 2.45) is 0 Å². The highest BCUT2D eigenvalue weighted by atomic mass is 32.1. The van der Waals surface area contributed by atoms with Gasteiger partial charge in [0.2, 0.25) is 6.41 Å². The maximum Gasteiger partial charge on any atom is 0.212 e. The number of aryl methyl sites for hydroxylation is 1. The molecule has 0 aliphatic heterocycles. The summed E-state index contributed by atoms with van der Waals surface area (Å²) in [5, 5.41) is 12.4. The van der Waals surface area contributed by atoms with Crippen LogP contribution in [-0.2, 0) is 11.3 Å². The number of aromatic nitrogens is 1. The molecule has 0 aliphatic rings. The number of carbonyl (C=O) groups is 1. The Morgan fingerprint density at radius 2 is 1.66 bits per heavy atom. The number of nitriles is 1. The van der Waals surface area contributed by atoms with Crippen molar-refractivity contribution in [3.05, 3.63) is 101 Å². The van der Waals surface area contributed by atoms with Crippen LogP contribution in [0.3, 0.4) is 0 Å². The maximum absolute atomic E-state index is 10.7. The minimum Gasteiger partial charge on any atom is -0.313 e. The molecule has 160 valence electrons. The van der Waals surface area contributed by atoms with Crippen molar-refractivity contribution < 1.29 is 4.79 Å². The number of amides is 1. The van der Waals surface area contributed by atoms with E-state index in [9.17, 15) is 4.79 Å². The van der Waals surface area contributed by atoms with Crippen molar-refractivity contribution in [3.8, 4) is 6.07 Å². The van der Waals surface area contributed by atoms with E-state index in [2.05, 4.69) is 46.0 Å². The predicted molar refractivity (Wildman–Crippen MR) is 134 cm³/mol. The van der Waals surface area contributed by atoms with Crippen molar-refractivity contribution in [3.63, 3.8) is 0 Å². The van der Waals surface area contributed by atoms with Crippen LogP contribution >= 0.6 is 24.0 Å². The number of nitrogens with zero attached hydrogens (tertiary/aromatic N) is 3. The normalized spacial score (nSPS) is 9.78. The molecule has 1 heterocycles. The minimum absolute atomic E-state index is 0.571. The molecule has 4 aromatic rings. The van der Waals surface area contributed by atoms with Crippen LogP contribution in [0.15, 0.2) is 89.8 Å². The third-order valence-corrected chi connectivity index (χ3v) is 5.75. The van der Waals surface area contributed by atoms with E-state index in [0.29, 0.717) is 24.3 Å². The highest BCUT2D eigenvalue weighted by molar-refractivity contribution is 7.80. The molecule has 1 aromatic heterocycles. The summed E-state index contributed by atoms with van der Waals surface area (Å²) >= 11 is 5.60. The molecule has 32 heavy (non-hydrogen) atoms. The molecular formula is C25H22N4OS2. The minimum atomic E-state index is 0.571. The Morgan fingerprint density at radius 1 is 1.03 bits per heavy atom. The standard InChI is InChI=1S/C19H16N4OS.C6H6S/c1-14-18(21-13-24)22-19(25-14)23(12-16-5-3-2-4-6-16)17-9-7-15(11-20)8-10-17;7-6-4-2-1-3-5-6/h2-10,13H,12H2,1H3,(H,21,24);1-5,7H. The third-order valence-electron chi connectivity index (χ3n) is 4.46. The van der Waals surface area contributed by atoms with Crippen LogP contribution in [0, 0.1) is 18.3 Å². The number of benzene rings is 3. The number of thiol groups is 1. The van der Waals surface area contributed by atoms with Gasteiger partial charge in [-0.2, -0.15) is 5.26 Å². The summed E-state index contributed by atoms with van der Waals surface area (Å²) < 4.78 is 0. The molecule has 7 heteroatoms. The summed E-state index contributed by atoms with van der Waals surface area (Å²) in [6.07, 6.45) is 0.634. The van der Waals surface area contributed by atoms with Gasteiger partial charge in [-0.1, -0.05) is 59.9 Å². The van der Waals surface area contributed by atoms with E-state index in [4.69, 9.17) is 5.26 Å². The second-order valence-electron chi connectivity index (χ2n) is 6.73. The average Bonchev–Trinajstić information content (AvgIpc) is 3.19. The first-order valence-electron chi connectivity index (χ1n) is 9.84. The fourth-order valence-corrected chi connectivity index (χ4v) is 3.93. The Bertz CT molecular complexity index is 1170. The molecule has 4 rings (SSSR count). The van der Waals surface area contributed by atoms with Gasteiger partial charge in [-0.25, -0.2) is 4.98 Å². The molecule has 0 fully saturated rings. The maximum atomic E-state index is 10.7. The Hall–Kier alpha value is -3.60. The number of rotatable bonds is 6. The van der Waals surface area contributed by atoms with Gasteiger partial charge in [0.1, 0.15) is 5.82 Å². The summed E-state index contributed by atoms with van der Waals surface area (Å²) in [7, 11) is 0. The summed E-state index contributed by atoms with van der Waals surface area (Å²) in [6, 6.07) is 29.4. The second kappa shape index (κ2) is 11.7. The molecule has 0 bridgehead atoms. The van der Waals surface area contributed by atoms with Crippen molar-refractivity contribution >= 4 is 47.0 Å². The molecule has 1 N–H and O–H groups in total. The van der Waals surface area contributed by atoms with E-state index in [-0.39, 0.29) is 0 Å². The number of carbonyl (C=O) groups excluding carboxylic acids is 1. The van der Waals surface area contributed by atoms with E-state index in [0.717, 1.165) is 26.2 Å². The van der Waals surface area contributed by atoms with Crippen LogP contribution in [0.5, 0.6) is 0 Å². The van der Waals surface area contributed by atoms with Crippen LogP contribution in [0.2, 0.25) is 0 Å². The van der Waals surface area contributed by atoms with Gasteiger partial charge in [-0.05, 0) is 48.9 Å². The Labute approximate surface area is 197 Å². The quantitative estimate of drug-likeness (QED) is 0.266. The van der Waals surface area contributed by atoms with Crippen molar-refractivity contribution in [2.75, 3.05) is 10.2 Å². The average molecular weight is 459 g/mol. The van der Waals surface area contributed by atoms with Gasteiger partial charge in [0, 0.05) is 15.5 Å². The van der Waals surface area contributed by atoms with Crippen LogP contribution < -0.4 is 10.2 Å². The topological polar surface area (TPSA) is 69.0 Å². The van der Waals surface area contributed by atoms with Crippen LogP contribution in [0.25, 0.3) is 0 Å². The molecule has 0 spiro atoms. The Kier molecular flexibility index (Phi) is 8.44. The molecule has 5 nitrogen and oxygen atoms in total. The molecule has 0 saturated carbocycles. The Morgan fingerprint density at radius 3 is 2.19 bits per heavy atom. The third kappa shape index (κ3) is 6.45. The fourth-order valence-electron chi connectivity index (χ4n) is 2.87. The van der Waals surface area contributed by atoms with Gasteiger partial charge in [0.25, 0.3) is 0 Å². The number of hydrogen-bond donors (Lipinski definition) is 2. The van der Waals surface area contributed by atoms with Gasteiger partial charge in [0.05, 0.1) is 18.2 Å². The lowest BCUT2D eigenvalue weighted by atomic mass is 10.2. The molecule has 0 unspecified atom stereocenters. The molecule has 0 aliphatic carbocycles. The zero-order valence-electron chi connectivity index (χ0n) is 17.5. The number of nitrogens with one attached hydrogen (secondary N) is 1. The monoisotopic (exact) mass is 458 g/mol. The van der Waals surface area contributed by atoms with Gasteiger partial charge < -0.3 is 10.2 Å². The van der Waals surface area contributed by atoms with E-state index in [1.54, 1.807) is 12.1 Å². The lowest BCUT2D eigenvalue weighted by Crippen LogP contribution is -2.16. The molecule has 1 amide bonds. The molecule has 3 aromatic carbocycles. The van der Waals surface area contributed by atoms with Gasteiger partial charge in [-0.15, -0.1) is 12.6 Å². The number of thiazole rings is 1. The van der Waals surface area contributed by atoms with Gasteiger partial charge >= 0.3 is 0 Å². The largest absolute Gasteiger partial charge is 0.313 e. The summed E-state index contributed by atoms with van der Waals surface area (Å²) in [5.41, 5.74) is 2.70. The zero-order valence-corrected chi connectivity index (χ0v) is 19.2. The first kappa shape index (κ1) is 23.1. The highest BCUT2D eigenvalue weighted by Gasteiger charge is 2.16. The molecule has 0 atom stereocenters. The van der Waals surface area contributed by atoms with Crippen molar-refractivity contribution in [1.82, 2.24) is 4.98 Å². The molecular weight excluding hydrogens is 436 g/mol. The smallest absolute Gasteiger partial charge is 0.212 e. The van der Waals surface area contributed by atoms with E-state index >= 15 is 0 Å². The second-order valence-corrected chi connectivity index (χ2v) is 8.43. The molecule has 0 radical (unpaired) electrons. The summed E-state index contributed by atoms with van der Waals surface area (Å²) in [6.45, 7) is 2.56. The van der Waals surface area contributed by atoms with Crippen molar-refractivity contribution in [1.29, 1.82) is 5.26 Å². The Balaban J connectivity index is 0.000000352. The highest BCUT2D eigenvalue weighted by Crippen LogP contribution is 2.34. The lowest BCUT2D eigenvalue weighted by Gasteiger charge is -2.22. The zero-order chi connectivity index (χ0) is 22.8. The number of hydrogen-bond acceptors (Lipinski definition) is 6. The first-order valence-corrected chi connectivity index (χ1v) is 11.1. The molecule has 0 saturated heterocycles. The van der Waals surface area contributed by atoms with Gasteiger partial charge in [-0.3, -0.25) is 4.79 Å². The van der Waals surface area contributed by atoms with E-state index < -0.39 is 0 Å². The fraction of sp³-hybridized carbons (Fsp3) is 0.0800. The first-order chi connectivity index (χ1) is 15.6. The summed E-state index contributed by atoms with van der Waals surface area (Å²) in [4.78, 5) is 19.3. The van der Waals surface area contributed by atoms with E-state index in [1.807, 2.05) is 67.6 Å². The predicted octanol–water partition coefficient (Wildman–Crippen LogP) is 6.21. The SMILES string of the molecule is Cc1sc(N(Cc2ccccc2)c2ccc(C#N)cc2)nc1NC=O.Sc1ccccc1. The summed E-state index contributed by atoms with van der Waals surface area (Å²) in [5.74, 6) is 0.571. The van der Waals surface area contributed by atoms with Crippen molar-refractivity contribution in [2.45, 2.75) is 18.4 Å². The van der Waals surface area contributed by atoms with Crippen LogP contribution in [0.4, 0.5) is 16.6 Å². The number of anilines is 3. The van der Waals surface area contributed by atoms with Gasteiger partial charge in [0.15, 0.2) is 5.13 Å². The lowest BCUT2D eigenvalue weighted by molar-refractivity contribution is -0.105. The van der Waals surface area contributed by atoms with Crippen LogP contribution in [0.1, 0.15) is 16.0 Å². The van der Waals surface area contributed by atoms with Crippen LogP contribution in [-0.4, -0.2) is 11.4 Å². The van der Waals surface area contributed by atoms with E-state index in [1.165, 1.54) is 11.3 Å².